The van der Waals surface area contributed by atoms with Crippen LogP contribution in [0.3, 0.4) is 0 Å². The average Bonchev–Trinajstić information content (AvgIpc) is 3.33. The number of rotatable bonds is 5. The quantitative estimate of drug-likeness (QED) is 0.253. The van der Waals surface area contributed by atoms with Crippen LogP contribution in [-0.2, 0) is 0 Å². The molecule has 2 aromatic carbocycles. The molecule has 14 heteroatoms. The van der Waals surface area contributed by atoms with E-state index >= 15 is 0 Å². The fourth-order valence-electron chi connectivity index (χ4n) is 6.20. The third-order valence-corrected chi connectivity index (χ3v) is 10.1. The number of anilines is 3. The lowest BCUT2D eigenvalue weighted by Crippen LogP contribution is -2.54. The normalized spacial score (nSPS) is 16.9. The van der Waals surface area contributed by atoms with E-state index in [1.807, 2.05) is 31.2 Å². The van der Waals surface area contributed by atoms with Gasteiger partial charge in [-0.25, -0.2) is 9.78 Å². The van der Waals surface area contributed by atoms with Crippen molar-refractivity contribution in [2.45, 2.75) is 25.8 Å². The number of ether oxygens (including phenoxy) is 1. The highest BCUT2D eigenvalue weighted by Gasteiger charge is 2.34. The van der Waals surface area contributed by atoms with Crippen molar-refractivity contribution in [1.82, 2.24) is 15.2 Å². The molecule has 0 saturated carbocycles. The van der Waals surface area contributed by atoms with E-state index in [9.17, 15) is 9.59 Å². The molecule has 1 saturated heterocycles. The van der Waals surface area contributed by atoms with Gasteiger partial charge in [0.25, 0.3) is 5.91 Å². The zero-order chi connectivity index (χ0) is 29.9. The minimum atomic E-state index is -0.312. The van der Waals surface area contributed by atoms with Gasteiger partial charge in [0, 0.05) is 18.8 Å². The highest BCUT2D eigenvalue weighted by Crippen LogP contribution is 2.46. The molecule has 0 spiro atoms. The van der Waals surface area contributed by atoms with Crippen molar-refractivity contribution in [3.05, 3.63) is 40.9 Å². The summed E-state index contributed by atoms with van der Waals surface area (Å²) in [7, 11) is 12.7. The molecule has 0 bridgehead atoms. The highest BCUT2D eigenvalue weighted by molar-refractivity contribution is 7.21. The van der Waals surface area contributed by atoms with Crippen molar-refractivity contribution in [2.24, 2.45) is 0 Å². The van der Waals surface area contributed by atoms with E-state index in [0.29, 0.717) is 26.8 Å². The first-order valence-electron chi connectivity index (χ1n) is 14.4. The predicted molar refractivity (Wildman–Crippen MR) is 187 cm³/mol. The van der Waals surface area contributed by atoms with Gasteiger partial charge in [-0.05, 0) is 63.2 Å². The van der Waals surface area contributed by atoms with Crippen LogP contribution in [0.5, 0.6) is 11.5 Å². The van der Waals surface area contributed by atoms with Crippen LogP contribution >= 0.6 is 11.3 Å². The Morgan fingerprint density at radius 2 is 1.79 bits per heavy atom. The number of carbonyl (C=O) groups is 2. The van der Waals surface area contributed by atoms with Gasteiger partial charge in [0.15, 0.2) is 0 Å². The van der Waals surface area contributed by atoms with E-state index < -0.39 is 0 Å². The topological polar surface area (TPSA) is 86.8 Å². The first-order valence-corrected chi connectivity index (χ1v) is 15.2. The van der Waals surface area contributed by atoms with Crippen molar-refractivity contribution in [2.75, 3.05) is 30.4 Å². The van der Waals surface area contributed by atoms with Gasteiger partial charge < -0.3 is 20.3 Å². The van der Waals surface area contributed by atoms with Crippen molar-refractivity contribution < 1.29 is 14.3 Å². The van der Waals surface area contributed by atoms with Gasteiger partial charge in [0.05, 0.1) is 22.4 Å². The lowest BCUT2D eigenvalue weighted by Gasteiger charge is -2.31. The molecule has 1 atom stereocenters. The number of likely N-dealkylation sites (tertiary alicyclic amines) is 1. The first kappa shape index (κ1) is 28.5. The number of nitrogens with one attached hydrogen (secondary N) is 2. The summed E-state index contributed by atoms with van der Waals surface area (Å²) in [5.74, 6) is 1.42. The van der Waals surface area contributed by atoms with Crippen LogP contribution in [0.2, 0.25) is 0 Å². The van der Waals surface area contributed by atoms with Crippen LogP contribution in [0.1, 0.15) is 28.1 Å². The van der Waals surface area contributed by atoms with Crippen LogP contribution in [0, 0.1) is 6.92 Å². The summed E-state index contributed by atoms with van der Waals surface area (Å²) in [4.78, 5) is 36.7. The van der Waals surface area contributed by atoms with Gasteiger partial charge in [0.1, 0.15) is 60.4 Å². The number of benzene rings is 2. The molecule has 208 valence electrons. The molecule has 0 unspecified atom stereocenters. The van der Waals surface area contributed by atoms with Crippen LogP contribution < -0.4 is 47.6 Å². The lowest BCUT2D eigenvalue weighted by molar-refractivity contribution is 0.0917. The summed E-state index contributed by atoms with van der Waals surface area (Å²) >= 11 is 1.31. The zero-order valence-corrected chi connectivity index (χ0v) is 26.1. The molecular formula is C28H32B5N5O3S. The fraction of sp³-hybridized carbons (Fsp3) is 0.250. The van der Waals surface area contributed by atoms with Crippen molar-refractivity contribution in [1.29, 1.82) is 0 Å². The van der Waals surface area contributed by atoms with E-state index in [1.54, 1.807) is 11.1 Å². The Kier molecular flexibility index (Phi) is 7.39. The third kappa shape index (κ3) is 4.80. The number of thiophene rings is 1. The number of amides is 3. The summed E-state index contributed by atoms with van der Waals surface area (Å²) in [5.41, 5.74) is 8.90. The molecule has 2 aromatic heterocycles. The Morgan fingerprint density at radius 3 is 2.48 bits per heavy atom. The maximum Gasteiger partial charge on any atom is 0.331 e. The highest BCUT2D eigenvalue weighted by atomic mass is 32.1. The van der Waals surface area contributed by atoms with Gasteiger partial charge >= 0.3 is 6.03 Å². The molecule has 2 aliphatic rings. The number of aryl methyl sites for hydroxylation is 1. The maximum atomic E-state index is 13.7. The van der Waals surface area contributed by atoms with Gasteiger partial charge in [-0.1, -0.05) is 21.9 Å². The molecule has 42 heavy (non-hydrogen) atoms. The van der Waals surface area contributed by atoms with Gasteiger partial charge in [-0.15, -0.1) is 16.8 Å². The van der Waals surface area contributed by atoms with Gasteiger partial charge in [0.2, 0.25) is 0 Å². The summed E-state index contributed by atoms with van der Waals surface area (Å²) in [6.45, 7) is 3.83. The molecular weight excluding hydrogens is 540 g/mol. The van der Waals surface area contributed by atoms with E-state index in [-0.39, 0.29) is 18.0 Å². The number of aromatic nitrogens is 1. The Hall–Kier alpha value is -3.63. The van der Waals surface area contributed by atoms with E-state index in [2.05, 4.69) is 66.8 Å². The molecule has 6 rings (SSSR count). The molecule has 0 radical (unpaired) electrons. The van der Waals surface area contributed by atoms with Crippen molar-refractivity contribution in [3.8, 4) is 11.5 Å². The summed E-state index contributed by atoms with van der Waals surface area (Å²) in [5, 5.41) is 6.98. The second kappa shape index (κ2) is 10.9. The molecule has 4 heterocycles. The molecule has 1 fully saturated rings. The Balaban J connectivity index is 1.33. The number of likely N-dealkylation sites (N-methyl/N-ethyl adjacent to an activating group) is 1. The van der Waals surface area contributed by atoms with Gasteiger partial charge in [-0.3, -0.25) is 9.69 Å². The second-order valence-corrected chi connectivity index (χ2v) is 12.7. The SMILES string of the molecule is Bc1c(B)c(B)c(Oc2ccc(N3C(=O)Nc4c(C(=O)N[C@@H]5CCCN(C)C5)sc5nccc3c45)c(C)c2)c(B)c1B. The maximum absolute atomic E-state index is 13.7. The number of carbonyl (C=O) groups excluding carboxylic acids is 2. The lowest BCUT2D eigenvalue weighted by atomic mass is 9.62. The van der Waals surface area contributed by atoms with E-state index in [4.69, 9.17) is 4.74 Å². The number of urea groups is 1. The molecule has 8 nitrogen and oxygen atoms in total. The smallest absolute Gasteiger partial charge is 0.331 e. The third-order valence-electron chi connectivity index (χ3n) is 8.97. The molecule has 0 aliphatic carbocycles. The van der Waals surface area contributed by atoms with Crippen LogP contribution in [0.25, 0.3) is 10.2 Å². The number of hydrogen-bond acceptors (Lipinski definition) is 6. The minimum absolute atomic E-state index is 0.0839. The Morgan fingerprint density at radius 1 is 1.07 bits per heavy atom. The number of pyridine rings is 1. The number of nitrogens with zero attached hydrogens (tertiary/aromatic N) is 3. The van der Waals surface area contributed by atoms with Crippen molar-refractivity contribution >= 4 is 117 Å². The fourth-order valence-corrected chi connectivity index (χ4v) is 7.22. The van der Waals surface area contributed by atoms with Crippen LogP contribution in [0.15, 0.2) is 30.5 Å². The zero-order valence-electron chi connectivity index (χ0n) is 25.3. The molecule has 3 amide bonds. The predicted octanol–water partition coefficient (Wildman–Crippen LogP) is -2.80. The summed E-state index contributed by atoms with van der Waals surface area (Å²) in [6.07, 6.45) is 3.69. The minimum Gasteiger partial charge on any atom is -0.459 e. The van der Waals surface area contributed by atoms with Crippen LogP contribution in [-0.4, -0.2) is 87.2 Å². The first-order chi connectivity index (χ1) is 20.0. The summed E-state index contributed by atoms with van der Waals surface area (Å²) < 4.78 is 6.44. The second-order valence-electron chi connectivity index (χ2n) is 11.7. The Labute approximate surface area is 254 Å². The molecule has 2 aliphatic heterocycles. The molecule has 4 aromatic rings. The van der Waals surface area contributed by atoms with E-state index in [1.165, 1.54) is 27.7 Å². The van der Waals surface area contributed by atoms with Crippen LogP contribution in [0.4, 0.5) is 21.9 Å². The summed E-state index contributed by atoms with van der Waals surface area (Å²) in [6, 6.07) is 7.39. The number of piperidine rings is 1. The van der Waals surface area contributed by atoms with Gasteiger partial charge in [-0.2, -0.15) is 0 Å². The molecule has 2 N–H and O–H groups in total. The Bertz CT molecular complexity index is 1750. The number of hydrogen-bond donors (Lipinski definition) is 2. The monoisotopic (exact) mass is 573 g/mol. The van der Waals surface area contributed by atoms with E-state index in [0.717, 1.165) is 59.2 Å². The standard InChI is InChI=1S/C28H32B5N5O3S/c1-12-10-14(41-24-21(32)19(30)18(29)20(31)22(24)33)5-6-15(12)38-16-7-8-34-27-17(16)23(36-28(38)40)25(42-27)26(39)35-13-4-3-9-37(2)11-13/h5-8,10,13H,3-4,9,11,29-33H2,1-2H3,(H,35,39)(H,36,40)/t13-/m1/s1. The van der Waals surface area contributed by atoms with Crippen molar-refractivity contribution in [3.63, 3.8) is 0 Å². The largest absolute Gasteiger partial charge is 0.459 e. The average molecular weight is 573 g/mol.